The van der Waals surface area contributed by atoms with Gasteiger partial charge in [0, 0.05) is 24.0 Å². The maximum atomic E-state index is 11.8. The lowest BCUT2D eigenvalue weighted by atomic mass is 9.45. The molecule has 3 saturated carbocycles. The van der Waals surface area contributed by atoms with Crippen LogP contribution in [0.15, 0.2) is 11.6 Å². The molecule has 5 fully saturated rings. The van der Waals surface area contributed by atoms with Crippen LogP contribution in [-0.4, -0.2) is 57.7 Å². The molecular weight excluding hydrogens is 386 g/mol. The Morgan fingerprint density at radius 3 is 2.65 bits per heavy atom. The van der Waals surface area contributed by atoms with Crippen molar-refractivity contribution in [1.82, 2.24) is 4.90 Å². The molecule has 31 heavy (non-hydrogen) atoms. The molecule has 4 aliphatic carbocycles. The molecular formula is C27H43NO3. The van der Waals surface area contributed by atoms with E-state index in [1.54, 1.807) is 0 Å². The van der Waals surface area contributed by atoms with Crippen LogP contribution in [0, 0.1) is 46.3 Å². The largest absolute Gasteiger partial charge is 0.396 e. The predicted octanol–water partition coefficient (Wildman–Crippen LogP) is 3.60. The molecule has 0 spiro atoms. The Morgan fingerprint density at radius 2 is 1.87 bits per heavy atom. The van der Waals surface area contributed by atoms with Crippen molar-refractivity contribution in [2.24, 2.45) is 46.3 Å². The highest BCUT2D eigenvalue weighted by molar-refractivity contribution is 5.28. The van der Waals surface area contributed by atoms with Gasteiger partial charge in [-0.25, -0.2) is 0 Å². The Labute approximate surface area is 188 Å². The van der Waals surface area contributed by atoms with E-state index in [0.29, 0.717) is 41.7 Å². The molecule has 0 aromatic heterocycles. The summed E-state index contributed by atoms with van der Waals surface area (Å²) in [6, 6.07) is 1.19. The number of aliphatic hydroxyl groups excluding tert-OH is 3. The van der Waals surface area contributed by atoms with Gasteiger partial charge in [0.1, 0.15) is 0 Å². The van der Waals surface area contributed by atoms with Crippen LogP contribution in [0.3, 0.4) is 0 Å². The molecule has 12 unspecified atom stereocenters. The van der Waals surface area contributed by atoms with E-state index in [1.165, 1.54) is 31.4 Å². The normalized spacial score (nSPS) is 58.6. The Balaban J connectivity index is 1.39. The lowest BCUT2D eigenvalue weighted by Gasteiger charge is -2.60. The van der Waals surface area contributed by atoms with E-state index in [-0.39, 0.29) is 23.5 Å². The van der Waals surface area contributed by atoms with Gasteiger partial charge >= 0.3 is 0 Å². The van der Waals surface area contributed by atoms with E-state index in [9.17, 15) is 15.3 Å². The summed E-state index contributed by atoms with van der Waals surface area (Å²) in [5, 5.41) is 33.1. The number of allylic oxidation sites excluding steroid dienone is 1. The lowest BCUT2D eigenvalue weighted by Crippen LogP contribution is -2.59. The van der Waals surface area contributed by atoms with Crippen molar-refractivity contribution >= 4 is 0 Å². The first kappa shape index (κ1) is 21.1. The van der Waals surface area contributed by atoms with Gasteiger partial charge in [-0.2, -0.15) is 0 Å². The fraction of sp³-hybridized carbons (Fsp3) is 0.926. The van der Waals surface area contributed by atoms with Crippen LogP contribution >= 0.6 is 0 Å². The standard InChI is InChI=1S/C27H43NO3/c1-15-4-7-22-16(2)25-23(28(22)13-15)11-21-19-6-5-17-10-18(30)8-9-26(17,3)20(19)12-24(31)27(21,25)14-29/h5,15-16,18-25,29-31H,4,6-14H2,1-3H3. The topological polar surface area (TPSA) is 63.9 Å². The molecule has 6 aliphatic rings. The monoisotopic (exact) mass is 429 g/mol. The average molecular weight is 430 g/mol. The minimum Gasteiger partial charge on any atom is -0.396 e. The van der Waals surface area contributed by atoms with Gasteiger partial charge in [0.15, 0.2) is 0 Å². The molecule has 3 N–H and O–H groups in total. The van der Waals surface area contributed by atoms with Gasteiger partial charge < -0.3 is 15.3 Å². The van der Waals surface area contributed by atoms with E-state index in [4.69, 9.17) is 0 Å². The summed E-state index contributed by atoms with van der Waals surface area (Å²) in [7, 11) is 0. The van der Waals surface area contributed by atoms with Crippen molar-refractivity contribution in [2.75, 3.05) is 13.2 Å². The van der Waals surface area contributed by atoms with E-state index in [1.807, 2.05) is 0 Å². The van der Waals surface area contributed by atoms with Gasteiger partial charge in [-0.3, -0.25) is 4.90 Å². The number of hydrogen-bond acceptors (Lipinski definition) is 4. The fourth-order valence-electron chi connectivity index (χ4n) is 10.4. The molecule has 6 rings (SSSR count). The zero-order chi connectivity index (χ0) is 21.7. The number of nitrogens with zero attached hydrogens (tertiary/aromatic N) is 1. The third-order valence-corrected chi connectivity index (χ3v) is 11.8. The SMILES string of the molecule is CC1CCC2C(C)C3C(CC4C5CC=C6CC(O)CCC6(C)C5CC(O)C43CO)N2C1. The summed E-state index contributed by atoms with van der Waals surface area (Å²) in [5.74, 6) is 3.24. The van der Waals surface area contributed by atoms with E-state index >= 15 is 0 Å². The molecule has 0 aromatic carbocycles. The van der Waals surface area contributed by atoms with Crippen molar-refractivity contribution in [2.45, 2.75) is 96.4 Å². The first-order chi connectivity index (χ1) is 14.8. The second-order valence-corrected chi connectivity index (χ2v) is 12.8. The van der Waals surface area contributed by atoms with Gasteiger partial charge in [-0.15, -0.1) is 0 Å². The molecule has 2 saturated heterocycles. The maximum absolute atomic E-state index is 11.8. The summed E-state index contributed by atoms with van der Waals surface area (Å²) < 4.78 is 0. The number of rotatable bonds is 1. The Bertz CT molecular complexity index is 768. The lowest BCUT2D eigenvalue weighted by molar-refractivity contribution is -0.162. The third-order valence-electron chi connectivity index (χ3n) is 11.8. The summed E-state index contributed by atoms with van der Waals surface area (Å²) in [4.78, 5) is 2.82. The van der Waals surface area contributed by atoms with E-state index in [2.05, 4.69) is 31.7 Å². The van der Waals surface area contributed by atoms with Crippen LogP contribution in [0.4, 0.5) is 0 Å². The molecule has 0 bridgehead atoms. The van der Waals surface area contributed by atoms with Gasteiger partial charge in [0.25, 0.3) is 0 Å². The predicted molar refractivity (Wildman–Crippen MR) is 121 cm³/mol. The molecule has 12 atom stereocenters. The Hall–Kier alpha value is -0.420. The van der Waals surface area contributed by atoms with E-state index in [0.717, 1.165) is 38.0 Å². The summed E-state index contributed by atoms with van der Waals surface area (Å²) in [6.45, 7) is 8.60. The number of hydrogen-bond donors (Lipinski definition) is 3. The molecule has 2 heterocycles. The van der Waals surface area contributed by atoms with Crippen LogP contribution < -0.4 is 0 Å². The molecule has 0 amide bonds. The number of fused-ring (bicyclic) bond motifs is 9. The van der Waals surface area contributed by atoms with Crippen molar-refractivity contribution < 1.29 is 15.3 Å². The molecule has 0 aromatic rings. The van der Waals surface area contributed by atoms with Gasteiger partial charge in [-0.05, 0) is 92.3 Å². The van der Waals surface area contributed by atoms with Crippen LogP contribution in [0.1, 0.15) is 72.1 Å². The van der Waals surface area contributed by atoms with Crippen molar-refractivity contribution in [3.63, 3.8) is 0 Å². The highest BCUT2D eigenvalue weighted by atomic mass is 16.3. The van der Waals surface area contributed by atoms with Crippen LogP contribution in [0.25, 0.3) is 0 Å². The number of aliphatic hydroxyl groups is 3. The zero-order valence-electron chi connectivity index (χ0n) is 19.7. The molecule has 174 valence electrons. The molecule has 2 aliphatic heterocycles. The highest BCUT2D eigenvalue weighted by Crippen LogP contribution is 2.69. The van der Waals surface area contributed by atoms with Crippen LogP contribution in [0.2, 0.25) is 0 Å². The summed E-state index contributed by atoms with van der Waals surface area (Å²) in [5.41, 5.74) is 1.26. The summed E-state index contributed by atoms with van der Waals surface area (Å²) >= 11 is 0. The maximum Gasteiger partial charge on any atom is 0.0627 e. The summed E-state index contributed by atoms with van der Waals surface area (Å²) in [6.07, 6.45) is 10.3. The number of piperidine rings is 1. The third kappa shape index (κ3) is 2.63. The van der Waals surface area contributed by atoms with E-state index < -0.39 is 6.10 Å². The van der Waals surface area contributed by atoms with Crippen molar-refractivity contribution in [1.29, 1.82) is 0 Å². The van der Waals surface area contributed by atoms with Crippen LogP contribution in [-0.2, 0) is 0 Å². The van der Waals surface area contributed by atoms with Crippen LogP contribution in [0.5, 0.6) is 0 Å². The van der Waals surface area contributed by atoms with Gasteiger partial charge in [0.05, 0.1) is 18.8 Å². The minimum absolute atomic E-state index is 0.121. The fourth-order valence-corrected chi connectivity index (χ4v) is 10.4. The first-order valence-corrected chi connectivity index (χ1v) is 13.2. The average Bonchev–Trinajstić information content (AvgIpc) is 3.23. The molecule has 0 radical (unpaired) electrons. The molecule has 4 heteroatoms. The highest BCUT2D eigenvalue weighted by Gasteiger charge is 2.70. The molecule has 4 nitrogen and oxygen atoms in total. The minimum atomic E-state index is -0.400. The Morgan fingerprint density at radius 1 is 1.06 bits per heavy atom. The second kappa shape index (κ2) is 7.04. The van der Waals surface area contributed by atoms with Crippen molar-refractivity contribution in [3.05, 3.63) is 11.6 Å². The Kier molecular flexibility index (Phi) is 4.80. The zero-order valence-corrected chi connectivity index (χ0v) is 19.7. The van der Waals surface area contributed by atoms with Gasteiger partial charge in [-0.1, -0.05) is 32.4 Å². The smallest absolute Gasteiger partial charge is 0.0627 e. The first-order valence-electron chi connectivity index (χ1n) is 13.2. The van der Waals surface area contributed by atoms with Crippen molar-refractivity contribution in [3.8, 4) is 0 Å². The quantitative estimate of drug-likeness (QED) is 0.558. The van der Waals surface area contributed by atoms with Gasteiger partial charge in [0.2, 0.25) is 0 Å². The second-order valence-electron chi connectivity index (χ2n) is 12.8.